The lowest BCUT2D eigenvalue weighted by atomic mass is 10.1. The third-order valence-electron chi connectivity index (χ3n) is 2.59. The fraction of sp³-hybridized carbons (Fsp3) is 0.250. The van der Waals surface area contributed by atoms with Crippen LogP contribution in [0.25, 0.3) is 0 Å². The average molecular weight is 230 g/mol. The molecule has 0 aliphatic carbocycles. The highest BCUT2D eigenvalue weighted by Gasteiger charge is 2.09. The zero-order chi connectivity index (χ0) is 12.4. The van der Waals surface area contributed by atoms with Gasteiger partial charge in [0.2, 0.25) is 5.95 Å². The Labute approximate surface area is 99.3 Å². The Bertz CT molecular complexity index is 559. The Morgan fingerprint density at radius 2 is 2.00 bits per heavy atom. The molecule has 1 amide bonds. The Morgan fingerprint density at radius 3 is 2.59 bits per heavy atom. The topological polar surface area (TPSA) is 70.7 Å². The second-order valence-corrected chi connectivity index (χ2v) is 4.00. The number of benzene rings is 1. The van der Waals surface area contributed by atoms with E-state index in [0.717, 1.165) is 11.1 Å². The summed E-state index contributed by atoms with van der Waals surface area (Å²) in [5.41, 5.74) is 2.86. The van der Waals surface area contributed by atoms with Gasteiger partial charge >= 0.3 is 0 Å². The normalized spacial score (nSPS) is 10.3. The molecule has 0 atom stereocenters. The van der Waals surface area contributed by atoms with Crippen LogP contribution in [0.2, 0.25) is 0 Å². The van der Waals surface area contributed by atoms with E-state index >= 15 is 0 Å². The van der Waals surface area contributed by atoms with Gasteiger partial charge in [-0.15, -0.1) is 5.10 Å². The molecule has 0 aliphatic rings. The van der Waals surface area contributed by atoms with Crippen molar-refractivity contribution in [3.05, 3.63) is 40.7 Å². The molecule has 2 rings (SSSR count). The average Bonchev–Trinajstić information content (AvgIpc) is 2.68. The number of rotatable bonds is 2. The van der Waals surface area contributed by atoms with Crippen LogP contribution in [0.3, 0.4) is 0 Å². The smallest absolute Gasteiger partial charge is 0.258 e. The van der Waals surface area contributed by atoms with Gasteiger partial charge < -0.3 is 0 Å². The largest absolute Gasteiger partial charge is 0.289 e. The molecule has 0 unspecified atom stereocenters. The first-order chi connectivity index (χ1) is 8.06. The number of H-pyrrole nitrogens is 1. The highest BCUT2D eigenvalue weighted by Crippen LogP contribution is 2.11. The molecule has 5 nitrogen and oxygen atoms in total. The van der Waals surface area contributed by atoms with E-state index in [0.29, 0.717) is 17.3 Å². The number of carbonyl (C=O) groups is 1. The summed E-state index contributed by atoms with van der Waals surface area (Å²) in [6.07, 6.45) is 0. The summed E-state index contributed by atoms with van der Waals surface area (Å²) in [7, 11) is 0. The third-order valence-corrected chi connectivity index (χ3v) is 2.59. The quantitative estimate of drug-likeness (QED) is 0.828. The molecule has 0 bridgehead atoms. The number of hydrogen-bond donors (Lipinski definition) is 2. The van der Waals surface area contributed by atoms with Gasteiger partial charge in [-0.2, -0.15) is 4.98 Å². The van der Waals surface area contributed by atoms with Crippen molar-refractivity contribution in [3.63, 3.8) is 0 Å². The van der Waals surface area contributed by atoms with Crippen LogP contribution in [0.4, 0.5) is 5.95 Å². The first kappa shape index (κ1) is 11.3. The molecule has 1 aromatic heterocycles. The Hall–Kier alpha value is -2.17. The second-order valence-electron chi connectivity index (χ2n) is 4.00. The van der Waals surface area contributed by atoms with E-state index in [-0.39, 0.29) is 5.91 Å². The van der Waals surface area contributed by atoms with E-state index in [1.165, 1.54) is 0 Å². The summed E-state index contributed by atoms with van der Waals surface area (Å²) in [6, 6.07) is 5.56. The number of nitrogens with one attached hydrogen (secondary N) is 2. The van der Waals surface area contributed by atoms with Crippen molar-refractivity contribution < 1.29 is 4.79 Å². The van der Waals surface area contributed by atoms with Crippen LogP contribution < -0.4 is 5.32 Å². The molecule has 17 heavy (non-hydrogen) atoms. The number of aryl methyl sites for hydroxylation is 3. The van der Waals surface area contributed by atoms with Crippen LogP contribution in [0.1, 0.15) is 27.3 Å². The van der Waals surface area contributed by atoms with Crippen LogP contribution in [-0.2, 0) is 0 Å². The molecular weight excluding hydrogens is 216 g/mol. The van der Waals surface area contributed by atoms with E-state index in [9.17, 15) is 4.79 Å². The summed E-state index contributed by atoms with van der Waals surface area (Å²) in [5.74, 6) is 0.762. The van der Waals surface area contributed by atoms with Crippen LogP contribution in [0, 0.1) is 20.8 Å². The summed E-state index contributed by atoms with van der Waals surface area (Å²) in [5, 5.41) is 9.16. The summed E-state index contributed by atoms with van der Waals surface area (Å²) < 4.78 is 0. The molecule has 2 N–H and O–H groups in total. The summed E-state index contributed by atoms with van der Waals surface area (Å²) in [4.78, 5) is 15.9. The van der Waals surface area contributed by atoms with E-state index < -0.39 is 0 Å². The first-order valence-corrected chi connectivity index (χ1v) is 5.34. The zero-order valence-corrected chi connectivity index (χ0v) is 10.0. The van der Waals surface area contributed by atoms with Crippen molar-refractivity contribution in [2.45, 2.75) is 20.8 Å². The van der Waals surface area contributed by atoms with Crippen molar-refractivity contribution in [1.82, 2.24) is 15.2 Å². The monoisotopic (exact) mass is 230 g/mol. The van der Waals surface area contributed by atoms with Gasteiger partial charge in [0.25, 0.3) is 5.91 Å². The van der Waals surface area contributed by atoms with Crippen LogP contribution in [-0.4, -0.2) is 21.1 Å². The van der Waals surface area contributed by atoms with Crippen molar-refractivity contribution in [1.29, 1.82) is 0 Å². The van der Waals surface area contributed by atoms with Crippen molar-refractivity contribution in [2.75, 3.05) is 5.32 Å². The molecule has 0 fully saturated rings. The lowest BCUT2D eigenvalue weighted by Crippen LogP contribution is -2.13. The Kier molecular flexibility index (Phi) is 2.91. The SMILES string of the molecule is Cc1nc(NC(=O)c2ccc(C)c(C)c2)n[nH]1. The highest BCUT2D eigenvalue weighted by molar-refractivity contribution is 6.03. The van der Waals surface area contributed by atoms with Gasteiger partial charge in [-0.25, -0.2) is 0 Å². The summed E-state index contributed by atoms with van der Waals surface area (Å²) >= 11 is 0. The number of aromatic amines is 1. The molecule has 2 aromatic rings. The van der Waals surface area contributed by atoms with E-state index in [2.05, 4.69) is 20.5 Å². The molecule has 0 saturated heterocycles. The number of hydrogen-bond acceptors (Lipinski definition) is 3. The third kappa shape index (κ3) is 2.50. The Balaban J connectivity index is 2.17. The van der Waals surface area contributed by atoms with Gasteiger partial charge in [0.15, 0.2) is 0 Å². The minimum atomic E-state index is -0.202. The summed E-state index contributed by atoms with van der Waals surface area (Å²) in [6.45, 7) is 5.76. The number of nitrogens with zero attached hydrogens (tertiary/aromatic N) is 2. The molecular formula is C12H14N4O. The van der Waals surface area contributed by atoms with Crippen LogP contribution in [0.15, 0.2) is 18.2 Å². The lowest BCUT2D eigenvalue weighted by molar-refractivity contribution is 0.102. The van der Waals surface area contributed by atoms with Crippen molar-refractivity contribution in [3.8, 4) is 0 Å². The van der Waals surface area contributed by atoms with Gasteiger partial charge in [0, 0.05) is 5.56 Å². The maximum absolute atomic E-state index is 11.9. The molecule has 0 saturated carbocycles. The van der Waals surface area contributed by atoms with E-state index in [1.807, 2.05) is 26.0 Å². The van der Waals surface area contributed by atoms with Crippen LogP contribution in [0.5, 0.6) is 0 Å². The van der Waals surface area contributed by atoms with Crippen molar-refractivity contribution >= 4 is 11.9 Å². The van der Waals surface area contributed by atoms with Gasteiger partial charge in [0.05, 0.1) is 0 Å². The standard InChI is InChI=1S/C12H14N4O/c1-7-4-5-10(6-8(7)2)11(17)14-12-13-9(3)15-16-12/h4-6H,1-3H3,(H2,13,14,15,16,17). The zero-order valence-electron chi connectivity index (χ0n) is 10.0. The van der Waals surface area contributed by atoms with Gasteiger partial charge in [-0.3, -0.25) is 15.2 Å². The molecule has 1 aromatic carbocycles. The fourth-order valence-corrected chi connectivity index (χ4v) is 1.45. The number of anilines is 1. The molecule has 1 heterocycles. The molecule has 0 spiro atoms. The number of aromatic nitrogens is 3. The molecule has 0 aliphatic heterocycles. The first-order valence-electron chi connectivity index (χ1n) is 5.34. The van der Waals surface area contributed by atoms with Crippen molar-refractivity contribution in [2.24, 2.45) is 0 Å². The Morgan fingerprint density at radius 1 is 1.24 bits per heavy atom. The second kappa shape index (κ2) is 4.37. The van der Waals surface area contributed by atoms with E-state index in [4.69, 9.17) is 0 Å². The number of amides is 1. The minimum Gasteiger partial charge on any atom is -0.289 e. The predicted molar refractivity (Wildman–Crippen MR) is 65.0 cm³/mol. The highest BCUT2D eigenvalue weighted by atomic mass is 16.1. The van der Waals surface area contributed by atoms with Gasteiger partial charge in [0.1, 0.15) is 5.82 Å². The molecule has 88 valence electrons. The maximum Gasteiger partial charge on any atom is 0.258 e. The lowest BCUT2D eigenvalue weighted by Gasteiger charge is -2.04. The van der Waals surface area contributed by atoms with Gasteiger partial charge in [-0.05, 0) is 44.0 Å². The van der Waals surface area contributed by atoms with E-state index in [1.54, 1.807) is 13.0 Å². The molecule has 5 heteroatoms. The van der Waals surface area contributed by atoms with Crippen LogP contribution >= 0.6 is 0 Å². The molecule has 0 radical (unpaired) electrons. The minimum absolute atomic E-state index is 0.202. The number of carbonyl (C=O) groups excluding carboxylic acids is 1. The van der Waals surface area contributed by atoms with Gasteiger partial charge in [-0.1, -0.05) is 6.07 Å². The maximum atomic E-state index is 11.9. The predicted octanol–water partition coefficient (Wildman–Crippen LogP) is 1.98. The fourth-order valence-electron chi connectivity index (χ4n) is 1.45.